The maximum atomic E-state index is 13.6. The van der Waals surface area contributed by atoms with Gasteiger partial charge in [-0.2, -0.15) is 10.1 Å². The Morgan fingerprint density at radius 1 is 1.62 bits per heavy atom. The third kappa shape index (κ3) is 4.24. The standard InChI is InChI=1S/C13H12ClFN4OS/c1-3-6-20-13-16-7-9(15)12(17-13)19-18-8(2)10-4-5-11(14)21-10/h3-5,7H,1,6H2,2H3,(H,16,17,19)/b18-8+. The smallest absolute Gasteiger partial charge is 0.318 e. The van der Waals surface area contributed by atoms with E-state index in [2.05, 4.69) is 27.1 Å². The molecule has 2 aromatic heterocycles. The van der Waals surface area contributed by atoms with E-state index in [1.54, 1.807) is 19.1 Å². The highest BCUT2D eigenvalue weighted by molar-refractivity contribution is 7.18. The van der Waals surface area contributed by atoms with Crippen LogP contribution in [-0.4, -0.2) is 22.3 Å². The van der Waals surface area contributed by atoms with Crippen LogP contribution in [0.3, 0.4) is 0 Å². The summed E-state index contributed by atoms with van der Waals surface area (Å²) >= 11 is 7.24. The van der Waals surface area contributed by atoms with Crippen LogP contribution in [0.4, 0.5) is 10.2 Å². The summed E-state index contributed by atoms with van der Waals surface area (Å²) in [5, 5.41) is 4.07. The van der Waals surface area contributed by atoms with Gasteiger partial charge in [-0.25, -0.2) is 9.37 Å². The Bertz CT molecular complexity index is 674. The molecule has 0 saturated carbocycles. The van der Waals surface area contributed by atoms with Gasteiger partial charge in [0, 0.05) is 0 Å². The zero-order valence-electron chi connectivity index (χ0n) is 11.1. The van der Waals surface area contributed by atoms with Gasteiger partial charge in [-0.3, -0.25) is 5.43 Å². The maximum absolute atomic E-state index is 13.6. The molecule has 0 aliphatic heterocycles. The van der Waals surface area contributed by atoms with Crippen LogP contribution in [-0.2, 0) is 0 Å². The Balaban J connectivity index is 2.13. The van der Waals surface area contributed by atoms with Gasteiger partial charge in [-0.15, -0.1) is 11.3 Å². The van der Waals surface area contributed by atoms with Crippen molar-refractivity contribution in [2.24, 2.45) is 5.10 Å². The first-order valence-electron chi connectivity index (χ1n) is 5.92. The molecule has 8 heteroatoms. The molecular formula is C13H12ClFN4OS. The van der Waals surface area contributed by atoms with E-state index in [4.69, 9.17) is 16.3 Å². The van der Waals surface area contributed by atoms with E-state index < -0.39 is 5.82 Å². The van der Waals surface area contributed by atoms with E-state index in [0.29, 0.717) is 10.0 Å². The lowest BCUT2D eigenvalue weighted by atomic mass is 10.3. The number of hydrazone groups is 1. The summed E-state index contributed by atoms with van der Waals surface area (Å²) in [4.78, 5) is 8.47. The number of aromatic nitrogens is 2. The fourth-order valence-electron chi connectivity index (χ4n) is 1.33. The second-order valence-electron chi connectivity index (χ2n) is 3.86. The fourth-order valence-corrected chi connectivity index (χ4v) is 2.32. The van der Waals surface area contributed by atoms with Crippen LogP contribution >= 0.6 is 22.9 Å². The Morgan fingerprint density at radius 3 is 3.10 bits per heavy atom. The summed E-state index contributed by atoms with van der Waals surface area (Å²) in [5.74, 6) is -0.687. The summed E-state index contributed by atoms with van der Waals surface area (Å²) in [5.41, 5.74) is 3.22. The highest BCUT2D eigenvalue weighted by Crippen LogP contribution is 2.22. The molecule has 0 radical (unpaired) electrons. The molecule has 0 spiro atoms. The van der Waals surface area contributed by atoms with Crippen LogP contribution in [0.2, 0.25) is 4.34 Å². The Morgan fingerprint density at radius 2 is 2.43 bits per heavy atom. The summed E-state index contributed by atoms with van der Waals surface area (Å²) in [7, 11) is 0. The Kier molecular flexibility index (Phi) is 5.24. The molecule has 110 valence electrons. The summed E-state index contributed by atoms with van der Waals surface area (Å²) in [6, 6.07) is 3.65. The molecule has 0 saturated heterocycles. The zero-order chi connectivity index (χ0) is 15.2. The van der Waals surface area contributed by atoms with Gasteiger partial charge in [0.15, 0.2) is 11.6 Å². The average Bonchev–Trinajstić information content (AvgIpc) is 2.91. The summed E-state index contributed by atoms with van der Waals surface area (Å²) in [6.45, 7) is 5.53. The van der Waals surface area contributed by atoms with Crippen LogP contribution in [0.15, 0.2) is 36.1 Å². The molecule has 0 unspecified atom stereocenters. The third-order valence-corrected chi connectivity index (χ3v) is 3.65. The van der Waals surface area contributed by atoms with Crippen molar-refractivity contribution in [2.45, 2.75) is 6.92 Å². The number of rotatable bonds is 6. The molecular weight excluding hydrogens is 315 g/mol. The minimum Gasteiger partial charge on any atom is -0.459 e. The van der Waals surface area contributed by atoms with Gasteiger partial charge in [0.1, 0.15) is 6.61 Å². The molecule has 0 aliphatic rings. The number of hydrogen-bond donors (Lipinski definition) is 1. The van der Waals surface area contributed by atoms with Crippen molar-refractivity contribution in [1.29, 1.82) is 0 Å². The predicted molar refractivity (Wildman–Crippen MR) is 82.8 cm³/mol. The van der Waals surface area contributed by atoms with Crippen LogP contribution < -0.4 is 10.2 Å². The summed E-state index contributed by atoms with van der Waals surface area (Å²) < 4.78 is 19.4. The number of nitrogens with one attached hydrogen (secondary N) is 1. The Labute approximate surface area is 130 Å². The van der Waals surface area contributed by atoms with Gasteiger partial charge < -0.3 is 4.74 Å². The van der Waals surface area contributed by atoms with E-state index >= 15 is 0 Å². The first kappa shape index (κ1) is 15.4. The minimum atomic E-state index is -0.623. The van der Waals surface area contributed by atoms with E-state index in [-0.39, 0.29) is 18.4 Å². The molecule has 2 heterocycles. The van der Waals surface area contributed by atoms with E-state index in [1.165, 1.54) is 11.3 Å². The van der Waals surface area contributed by atoms with Gasteiger partial charge in [-0.05, 0) is 19.1 Å². The van der Waals surface area contributed by atoms with Crippen molar-refractivity contribution in [2.75, 3.05) is 12.0 Å². The van der Waals surface area contributed by atoms with Crippen LogP contribution in [0.1, 0.15) is 11.8 Å². The molecule has 0 fully saturated rings. The first-order chi connectivity index (χ1) is 10.1. The third-order valence-electron chi connectivity index (χ3n) is 2.31. The molecule has 0 bridgehead atoms. The van der Waals surface area contributed by atoms with Gasteiger partial charge in [0.2, 0.25) is 0 Å². The monoisotopic (exact) mass is 326 g/mol. The molecule has 0 aliphatic carbocycles. The van der Waals surface area contributed by atoms with E-state index in [9.17, 15) is 4.39 Å². The van der Waals surface area contributed by atoms with Crippen molar-refractivity contribution in [3.05, 3.63) is 46.0 Å². The fraction of sp³-hybridized carbons (Fsp3) is 0.154. The number of nitrogens with zero attached hydrogens (tertiary/aromatic N) is 3. The number of hydrogen-bond acceptors (Lipinski definition) is 6. The topological polar surface area (TPSA) is 59.4 Å². The second-order valence-corrected chi connectivity index (χ2v) is 5.58. The number of thiophene rings is 1. The maximum Gasteiger partial charge on any atom is 0.318 e. The van der Waals surface area contributed by atoms with E-state index in [0.717, 1.165) is 11.1 Å². The molecule has 0 atom stereocenters. The number of ether oxygens (including phenoxy) is 1. The van der Waals surface area contributed by atoms with Crippen molar-refractivity contribution in [3.8, 4) is 6.01 Å². The van der Waals surface area contributed by atoms with Crippen LogP contribution in [0, 0.1) is 5.82 Å². The van der Waals surface area contributed by atoms with Crippen molar-refractivity contribution in [1.82, 2.24) is 9.97 Å². The highest BCUT2D eigenvalue weighted by atomic mass is 35.5. The molecule has 0 amide bonds. The lowest BCUT2D eigenvalue weighted by molar-refractivity contribution is 0.332. The largest absolute Gasteiger partial charge is 0.459 e. The SMILES string of the molecule is C=CCOc1ncc(F)c(N/N=C(\C)c2ccc(Cl)s2)n1. The molecule has 5 nitrogen and oxygen atoms in total. The van der Waals surface area contributed by atoms with Crippen LogP contribution in [0.25, 0.3) is 0 Å². The normalized spacial score (nSPS) is 11.3. The average molecular weight is 327 g/mol. The van der Waals surface area contributed by atoms with E-state index in [1.807, 2.05) is 6.07 Å². The molecule has 1 N–H and O–H groups in total. The lowest BCUT2D eigenvalue weighted by Crippen LogP contribution is -2.05. The van der Waals surface area contributed by atoms with Gasteiger partial charge in [0.25, 0.3) is 0 Å². The van der Waals surface area contributed by atoms with Crippen molar-refractivity contribution in [3.63, 3.8) is 0 Å². The molecule has 2 aromatic rings. The lowest BCUT2D eigenvalue weighted by Gasteiger charge is -2.05. The van der Waals surface area contributed by atoms with Crippen LogP contribution in [0.5, 0.6) is 6.01 Å². The zero-order valence-corrected chi connectivity index (χ0v) is 12.7. The number of halogens is 2. The van der Waals surface area contributed by atoms with Gasteiger partial charge >= 0.3 is 6.01 Å². The van der Waals surface area contributed by atoms with Gasteiger partial charge in [0.05, 0.1) is 21.1 Å². The molecule has 2 rings (SSSR count). The van der Waals surface area contributed by atoms with Crippen molar-refractivity contribution < 1.29 is 9.13 Å². The first-order valence-corrected chi connectivity index (χ1v) is 7.12. The molecule has 21 heavy (non-hydrogen) atoms. The quantitative estimate of drug-likeness (QED) is 0.499. The summed E-state index contributed by atoms with van der Waals surface area (Å²) in [6.07, 6.45) is 2.56. The minimum absolute atomic E-state index is 0.0471. The second kappa shape index (κ2) is 7.14. The Hall–Kier alpha value is -1.99. The highest BCUT2D eigenvalue weighted by Gasteiger charge is 2.08. The van der Waals surface area contributed by atoms with Gasteiger partial charge in [-0.1, -0.05) is 24.3 Å². The predicted octanol–water partition coefficient (Wildman–Crippen LogP) is 3.73. The number of anilines is 1. The molecule has 0 aromatic carbocycles. The van der Waals surface area contributed by atoms with Crippen molar-refractivity contribution >= 4 is 34.5 Å².